The number of likely N-dealkylation sites (N-methyl/N-ethyl adjacent to an activating group) is 2. The molecule has 0 amide bonds. The number of fused-ring (bicyclic) bond motifs is 1. The molecule has 1 aromatic rings. The first-order valence-electron chi connectivity index (χ1n) is 8.03. The second-order valence-electron chi connectivity index (χ2n) is 6.26. The zero-order valence-electron chi connectivity index (χ0n) is 14.3. The van der Waals surface area contributed by atoms with Crippen molar-refractivity contribution in [1.29, 1.82) is 0 Å². The van der Waals surface area contributed by atoms with Crippen LogP contribution in [0.4, 0.5) is 5.69 Å². The predicted octanol–water partition coefficient (Wildman–Crippen LogP) is 4.93. The molecule has 1 heterocycles. The Balaban J connectivity index is 1.94. The molecule has 0 saturated carbocycles. The van der Waals surface area contributed by atoms with E-state index in [4.69, 9.17) is 0 Å². The van der Waals surface area contributed by atoms with Crippen molar-refractivity contribution in [2.75, 3.05) is 19.0 Å². The Kier molecular flexibility index (Phi) is 3.99. The van der Waals surface area contributed by atoms with Crippen LogP contribution in [0.15, 0.2) is 83.9 Å². The second kappa shape index (κ2) is 5.96. The number of rotatable bonds is 3. The second-order valence-corrected chi connectivity index (χ2v) is 6.26. The molecule has 0 aromatic heterocycles. The lowest BCUT2D eigenvalue weighted by atomic mass is 9.88. The van der Waals surface area contributed by atoms with Crippen molar-refractivity contribution in [2.45, 2.75) is 19.8 Å². The number of aryl methyl sites for hydroxylation is 1. The fourth-order valence-corrected chi connectivity index (χ4v) is 3.18. The average molecular weight is 304 g/mol. The number of anilines is 1. The molecule has 1 aliphatic carbocycles. The molecule has 3 rings (SSSR count). The molecule has 2 aliphatic rings. The van der Waals surface area contributed by atoms with Crippen molar-refractivity contribution >= 4 is 5.69 Å². The maximum atomic E-state index is 4.34. The van der Waals surface area contributed by atoms with Crippen molar-refractivity contribution in [2.24, 2.45) is 0 Å². The lowest BCUT2D eigenvalue weighted by Crippen LogP contribution is -2.26. The molecule has 0 atom stereocenters. The van der Waals surface area contributed by atoms with Gasteiger partial charge in [-0.2, -0.15) is 0 Å². The van der Waals surface area contributed by atoms with Gasteiger partial charge >= 0.3 is 0 Å². The van der Waals surface area contributed by atoms with Gasteiger partial charge in [0.2, 0.25) is 0 Å². The van der Waals surface area contributed by atoms with Gasteiger partial charge in [0.05, 0.1) is 0 Å². The van der Waals surface area contributed by atoms with E-state index in [1.165, 1.54) is 16.8 Å². The van der Waals surface area contributed by atoms with Crippen LogP contribution < -0.4 is 4.90 Å². The third-order valence-corrected chi connectivity index (χ3v) is 4.59. The minimum absolute atomic E-state index is 0.970. The predicted molar refractivity (Wildman–Crippen MR) is 99.1 cm³/mol. The summed E-state index contributed by atoms with van der Waals surface area (Å²) >= 11 is 0. The monoisotopic (exact) mass is 304 g/mol. The Morgan fingerprint density at radius 2 is 1.96 bits per heavy atom. The van der Waals surface area contributed by atoms with Gasteiger partial charge in [-0.25, -0.2) is 0 Å². The van der Waals surface area contributed by atoms with E-state index in [1.54, 1.807) is 0 Å². The van der Waals surface area contributed by atoms with E-state index in [1.807, 2.05) is 0 Å². The SMILES string of the molecule is C=C1C(C(=C)N(C)c2cccc(C)c2)=CN(C)C2=CCCC=C12. The first kappa shape index (κ1) is 15.4. The number of nitrogens with zero attached hydrogens (tertiary/aromatic N) is 2. The van der Waals surface area contributed by atoms with E-state index < -0.39 is 0 Å². The standard InChI is InChI=1S/C21H24N2/c1-15-9-8-10-18(13-15)23(5)17(3)20-14-22(4)21-12-7-6-11-19(21)16(20)2/h8-14H,2-3,6-7H2,1,4-5H3. The van der Waals surface area contributed by atoms with Crippen LogP contribution in [0.3, 0.4) is 0 Å². The molecule has 0 N–H and O–H groups in total. The summed E-state index contributed by atoms with van der Waals surface area (Å²) in [4.78, 5) is 4.32. The molecular formula is C21H24N2. The Morgan fingerprint density at radius 1 is 1.22 bits per heavy atom. The van der Waals surface area contributed by atoms with E-state index in [2.05, 4.69) is 86.6 Å². The molecule has 1 aromatic carbocycles. The van der Waals surface area contributed by atoms with Gasteiger partial charge in [0, 0.05) is 48.5 Å². The van der Waals surface area contributed by atoms with Crippen LogP contribution in [0.25, 0.3) is 0 Å². The van der Waals surface area contributed by atoms with Gasteiger partial charge in [-0.15, -0.1) is 0 Å². The quantitative estimate of drug-likeness (QED) is 0.781. The molecule has 0 spiro atoms. The zero-order valence-corrected chi connectivity index (χ0v) is 14.3. The highest BCUT2D eigenvalue weighted by atomic mass is 15.1. The van der Waals surface area contributed by atoms with Crippen LogP contribution in [0.5, 0.6) is 0 Å². The van der Waals surface area contributed by atoms with Crippen molar-refractivity contribution in [3.05, 3.63) is 89.5 Å². The number of benzene rings is 1. The third kappa shape index (κ3) is 2.77. The fraction of sp³-hybridized carbons (Fsp3) is 0.238. The van der Waals surface area contributed by atoms with Gasteiger partial charge in [0.1, 0.15) is 0 Å². The smallest absolute Gasteiger partial charge is 0.0439 e. The van der Waals surface area contributed by atoms with E-state index in [0.717, 1.165) is 35.4 Å². The lowest BCUT2D eigenvalue weighted by molar-refractivity contribution is 0.557. The summed E-state index contributed by atoms with van der Waals surface area (Å²) < 4.78 is 0. The topological polar surface area (TPSA) is 6.48 Å². The largest absolute Gasteiger partial charge is 0.350 e. The molecular weight excluding hydrogens is 280 g/mol. The molecule has 23 heavy (non-hydrogen) atoms. The minimum Gasteiger partial charge on any atom is -0.350 e. The van der Waals surface area contributed by atoms with Crippen molar-refractivity contribution in [3.8, 4) is 0 Å². The van der Waals surface area contributed by atoms with E-state index in [9.17, 15) is 0 Å². The Labute approximate surface area is 139 Å². The molecule has 1 aliphatic heterocycles. The molecule has 2 nitrogen and oxygen atoms in total. The lowest BCUT2D eigenvalue weighted by Gasteiger charge is -2.35. The Hall–Kier alpha value is -2.48. The molecule has 0 saturated heterocycles. The number of allylic oxidation sites excluding steroid dienone is 4. The molecule has 0 radical (unpaired) electrons. The van der Waals surface area contributed by atoms with Gasteiger partial charge in [-0.3, -0.25) is 0 Å². The summed E-state index contributed by atoms with van der Waals surface area (Å²) in [5.74, 6) is 0. The van der Waals surface area contributed by atoms with Crippen LogP contribution in [0, 0.1) is 6.92 Å². The summed E-state index contributed by atoms with van der Waals surface area (Å²) in [6.45, 7) is 10.8. The molecule has 2 heteroatoms. The fourth-order valence-electron chi connectivity index (χ4n) is 3.18. The molecule has 0 bridgehead atoms. The first-order valence-corrected chi connectivity index (χ1v) is 8.03. The van der Waals surface area contributed by atoms with Crippen LogP contribution in [-0.2, 0) is 0 Å². The highest BCUT2D eigenvalue weighted by Crippen LogP contribution is 2.38. The summed E-state index contributed by atoms with van der Waals surface area (Å²) in [7, 11) is 4.16. The van der Waals surface area contributed by atoms with E-state index in [0.29, 0.717) is 0 Å². The van der Waals surface area contributed by atoms with Crippen LogP contribution in [0.1, 0.15) is 18.4 Å². The van der Waals surface area contributed by atoms with Gasteiger partial charge in [-0.1, -0.05) is 37.4 Å². The zero-order chi connectivity index (χ0) is 16.6. The molecule has 118 valence electrons. The minimum atomic E-state index is 0.970. The van der Waals surface area contributed by atoms with Crippen LogP contribution in [-0.4, -0.2) is 19.0 Å². The van der Waals surface area contributed by atoms with Gasteiger partial charge < -0.3 is 9.80 Å². The summed E-state index contributed by atoms with van der Waals surface area (Å²) in [6, 6.07) is 8.47. The van der Waals surface area contributed by atoms with Crippen molar-refractivity contribution in [3.63, 3.8) is 0 Å². The maximum Gasteiger partial charge on any atom is 0.0439 e. The normalized spacial score (nSPS) is 17.1. The van der Waals surface area contributed by atoms with Crippen LogP contribution in [0.2, 0.25) is 0 Å². The van der Waals surface area contributed by atoms with E-state index >= 15 is 0 Å². The first-order chi connectivity index (χ1) is 11.0. The average Bonchev–Trinajstić information content (AvgIpc) is 2.57. The number of hydrogen-bond donors (Lipinski definition) is 0. The van der Waals surface area contributed by atoms with E-state index in [-0.39, 0.29) is 0 Å². The van der Waals surface area contributed by atoms with Gasteiger partial charge in [0.15, 0.2) is 0 Å². The summed E-state index contributed by atoms with van der Waals surface area (Å²) in [6.07, 6.45) is 8.91. The van der Waals surface area contributed by atoms with Crippen molar-refractivity contribution < 1.29 is 0 Å². The highest BCUT2D eigenvalue weighted by molar-refractivity contribution is 5.68. The summed E-state index contributed by atoms with van der Waals surface area (Å²) in [5.41, 5.74) is 8.03. The maximum absolute atomic E-state index is 4.34. The van der Waals surface area contributed by atoms with Crippen molar-refractivity contribution in [1.82, 2.24) is 4.90 Å². The number of hydrogen-bond acceptors (Lipinski definition) is 2. The van der Waals surface area contributed by atoms with Gasteiger partial charge in [0.25, 0.3) is 0 Å². The highest BCUT2D eigenvalue weighted by Gasteiger charge is 2.25. The Morgan fingerprint density at radius 3 is 2.70 bits per heavy atom. The van der Waals surface area contributed by atoms with Gasteiger partial charge in [-0.05, 0) is 43.0 Å². The third-order valence-electron chi connectivity index (χ3n) is 4.59. The molecule has 0 fully saturated rings. The molecule has 0 unspecified atom stereocenters. The van der Waals surface area contributed by atoms with Crippen LogP contribution >= 0.6 is 0 Å². The Bertz CT molecular complexity index is 762. The summed E-state index contributed by atoms with van der Waals surface area (Å²) in [5, 5.41) is 0.